The van der Waals surface area contributed by atoms with Crippen molar-refractivity contribution in [2.45, 2.75) is 39.5 Å². The van der Waals surface area contributed by atoms with Crippen LogP contribution >= 0.6 is 0 Å². The Morgan fingerprint density at radius 2 is 0.667 bits per heavy atom. The summed E-state index contributed by atoms with van der Waals surface area (Å²) < 4.78 is 63.6. The first kappa shape index (κ1) is 40.4. The molecule has 1 aliphatic carbocycles. The highest BCUT2D eigenvalue weighted by atomic mass is 19.1. The van der Waals surface area contributed by atoms with Crippen LogP contribution in [0.2, 0.25) is 0 Å². The molecule has 15 aromatic carbocycles. The van der Waals surface area contributed by atoms with Crippen LogP contribution in [0.15, 0.2) is 158 Å². The molecule has 1 aliphatic rings. The summed E-state index contributed by atoms with van der Waals surface area (Å²) in [6.07, 6.45) is 0. The molecule has 4 heteroatoms. The van der Waals surface area contributed by atoms with Gasteiger partial charge in [-0.05, 0) is 241 Å². The number of hydrogen-bond acceptors (Lipinski definition) is 0. The summed E-state index contributed by atoms with van der Waals surface area (Å²) >= 11 is 0. The minimum Gasteiger partial charge on any atom is -0.207 e. The van der Waals surface area contributed by atoms with Crippen LogP contribution in [0.1, 0.15) is 50.7 Å². The number of fused-ring (bicyclic) bond motifs is 14. The molecule has 0 saturated carbocycles. The Balaban J connectivity index is 1.16. The van der Waals surface area contributed by atoms with Gasteiger partial charge >= 0.3 is 0 Å². The van der Waals surface area contributed by atoms with Crippen LogP contribution in [0.4, 0.5) is 17.6 Å². The fraction of sp³-hybridized carbons (Fsp3) is 0.0882. The summed E-state index contributed by atoms with van der Waals surface area (Å²) in [5.41, 5.74) is 9.96. The minimum atomic E-state index is -0.688. The van der Waals surface area contributed by atoms with Gasteiger partial charge in [-0.3, -0.25) is 0 Å². The highest BCUT2D eigenvalue weighted by molar-refractivity contribution is 6.49. The summed E-state index contributed by atoms with van der Waals surface area (Å²) in [4.78, 5) is 0. The number of halogens is 4. The molecule has 72 heavy (non-hydrogen) atoms. The predicted molar refractivity (Wildman–Crippen MR) is 296 cm³/mol. The highest BCUT2D eigenvalue weighted by Gasteiger charge is 2.34. The van der Waals surface area contributed by atoms with Crippen molar-refractivity contribution in [3.63, 3.8) is 0 Å². The molecule has 0 radical (unpaired) electrons. The van der Waals surface area contributed by atoms with Crippen LogP contribution in [0, 0.1) is 23.3 Å². The molecule has 15 aromatic rings. The molecule has 0 unspecified atom stereocenters. The lowest BCUT2D eigenvalue weighted by Crippen LogP contribution is -1.97. The summed E-state index contributed by atoms with van der Waals surface area (Å²) in [5.74, 6) is -2.32. The van der Waals surface area contributed by atoms with E-state index in [2.05, 4.69) is 131 Å². The van der Waals surface area contributed by atoms with Crippen LogP contribution in [-0.4, -0.2) is 0 Å². The van der Waals surface area contributed by atoms with Gasteiger partial charge in [0, 0.05) is 12.1 Å². The van der Waals surface area contributed by atoms with E-state index < -0.39 is 23.3 Å². The van der Waals surface area contributed by atoms with Gasteiger partial charge in [0.15, 0.2) is 0 Å². The maximum Gasteiger partial charge on any atom is 0.126 e. The molecule has 0 spiro atoms. The molecule has 0 aromatic heterocycles. The summed E-state index contributed by atoms with van der Waals surface area (Å²) in [6, 6.07) is 51.5. The number of rotatable bonds is 4. The Hall–Kier alpha value is -8.34. The fourth-order valence-corrected chi connectivity index (χ4v) is 14.0. The van der Waals surface area contributed by atoms with Gasteiger partial charge in [0.1, 0.15) is 23.3 Å². The smallest absolute Gasteiger partial charge is 0.126 e. The fourth-order valence-electron chi connectivity index (χ4n) is 14.0. The molecule has 0 fully saturated rings. The molecule has 0 atom stereocenters. The van der Waals surface area contributed by atoms with Gasteiger partial charge in [-0.25, -0.2) is 17.6 Å². The maximum absolute atomic E-state index is 15.9. The van der Waals surface area contributed by atoms with E-state index in [1.165, 1.54) is 90.0 Å². The van der Waals surface area contributed by atoms with Gasteiger partial charge < -0.3 is 0 Å². The molecular formula is C68H40F4. The standard InChI is InChI=1S/C68H40F4/c1-31(2)49-28-54-44-16-18-47-61-48(19-17-45(60(44)61)55-29-50(32(3)4)64-52-25-34-11-6-5-10-33(34)24-51(52)63(49)68(64)65(54)55)67-58(36-22-39(71)27-40(72)23-36)62-46-15-9-14-43-41-12-7-8-13-42(41)53(59(43)46)30-56(62)57(66(47)67)35-20-37(69)26-38(70)21-35/h5-32H,1-4H3. The Morgan fingerprint density at radius 3 is 1.22 bits per heavy atom. The first-order valence-corrected chi connectivity index (χ1v) is 25.0. The van der Waals surface area contributed by atoms with Gasteiger partial charge in [0.2, 0.25) is 0 Å². The first-order valence-electron chi connectivity index (χ1n) is 25.0. The minimum absolute atomic E-state index is 0.217. The van der Waals surface area contributed by atoms with Crippen molar-refractivity contribution in [1.82, 2.24) is 0 Å². The van der Waals surface area contributed by atoms with E-state index in [9.17, 15) is 0 Å². The Morgan fingerprint density at radius 1 is 0.264 bits per heavy atom. The van der Waals surface area contributed by atoms with E-state index in [1.54, 1.807) is 0 Å². The van der Waals surface area contributed by atoms with Gasteiger partial charge in [-0.15, -0.1) is 0 Å². The van der Waals surface area contributed by atoms with Crippen molar-refractivity contribution < 1.29 is 17.6 Å². The average Bonchev–Trinajstić information content (AvgIpc) is 4.00. The lowest BCUT2D eigenvalue weighted by atomic mass is 9.81. The lowest BCUT2D eigenvalue weighted by Gasteiger charge is -2.22. The molecular weight excluding hydrogens is 893 g/mol. The van der Waals surface area contributed by atoms with Gasteiger partial charge in [0.05, 0.1) is 0 Å². The zero-order chi connectivity index (χ0) is 48.3. The molecule has 16 rings (SSSR count). The van der Waals surface area contributed by atoms with E-state index in [-0.39, 0.29) is 11.8 Å². The molecule has 0 amide bonds. The monoisotopic (exact) mass is 932 g/mol. The Kier molecular flexibility index (Phi) is 7.71. The van der Waals surface area contributed by atoms with E-state index >= 15 is 17.6 Å². The lowest BCUT2D eigenvalue weighted by molar-refractivity contribution is 0.583. The van der Waals surface area contributed by atoms with Gasteiger partial charge in [0.25, 0.3) is 0 Å². The Labute approximate surface area is 410 Å². The van der Waals surface area contributed by atoms with Crippen molar-refractivity contribution in [1.29, 1.82) is 0 Å². The molecule has 0 aliphatic heterocycles. The quantitative estimate of drug-likeness (QED) is 0.0937. The van der Waals surface area contributed by atoms with Gasteiger partial charge in [-0.2, -0.15) is 0 Å². The second kappa shape index (κ2) is 13.7. The van der Waals surface area contributed by atoms with Crippen molar-refractivity contribution in [2.75, 3.05) is 0 Å². The average molecular weight is 933 g/mol. The molecule has 0 heterocycles. The van der Waals surface area contributed by atoms with E-state index in [4.69, 9.17) is 0 Å². The normalized spacial score (nSPS) is 13.0. The Bertz CT molecular complexity index is 4810. The number of benzene rings is 13. The van der Waals surface area contributed by atoms with E-state index in [0.29, 0.717) is 22.3 Å². The summed E-state index contributed by atoms with van der Waals surface area (Å²) in [5, 5.41) is 22.8. The van der Waals surface area contributed by atoms with Crippen molar-refractivity contribution in [2.24, 2.45) is 0 Å². The zero-order valence-corrected chi connectivity index (χ0v) is 39.7. The second-order valence-electron chi connectivity index (χ2n) is 21.1. The van der Waals surface area contributed by atoms with Crippen molar-refractivity contribution in [3.8, 4) is 44.5 Å². The van der Waals surface area contributed by atoms with Crippen molar-refractivity contribution in [3.05, 3.63) is 192 Å². The summed E-state index contributed by atoms with van der Waals surface area (Å²) in [6.45, 7) is 9.18. The predicted octanol–water partition coefficient (Wildman–Crippen LogP) is 20.5. The van der Waals surface area contributed by atoms with Crippen LogP contribution in [0.3, 0.4) is 0 Å². The highest BCUT2D eigenvalue weighted by Crippen LogP contribution is 2.60. The third-order valence-corrected chi connectivity index (χ3v) is 16.7. The van der Waals surface area contributed by atoms with Crippen LogP contribution in [-0.2, 0) is 0 Å². The van der Waals surface area contributed by atoms with E-state index in [1.807, 2.05) is 18.2 Å². The topological polar surface area (TPSA) is 0 Å². The largest absolute Gasteiger partial charge is 0.207 e. The molecule has 340 valence electrons. The number of hydrogen-bond donors (Lipinski definition) is 0. The third-order valence-electron chi connectivity index (χ3n) is 16.7. The third kappa shape index (κ3) is 4.97. The zero-order valence-electron chi connectivity index (χ0n) is 39.7. The molecule has 0 nitrogen and oxygen atoms in total. The van der Waals surface area contributed by atoms with Crippen molar-refractivity contribution >= 4 is 118 Å². The van der Waals surface area contributed by atoms with Gasteiger partial charge in [-0.1, -0.05) is 119 Å². The second-order valence-corrected chi connectivity index (χ2v) is 21.1. The first-order chi connectivity index (χ1) is 35.0. The van der Waals surface area contributed by atoms with Crippen LogP contribution in [0.25, 0.3) is 163 Å². The molecule has 0 bridgehead atoms. The SMILES string of the molecule is CC(C)c1cc2c3ccc4c5c(-c6cc(F)cc(F)c6)c6cc7c8ccccc8c8cccc(c6c(-c6cc(F)cc(F)c6)c5c5ccc(c6cc(C(C)C)c9c(c1-c1cc%10ccccc%10cc1-9)c26)c3c45)c87. The van der Waals surface area contributed by atoms with E-state index in [0.717, 1.165) is 98.3 Å². The maximum atomic E-state index is 15.9. The summed E-state index contributed by atoms with van der Waals surface area (Å²) in [7, 11) is 0. The van der Waals surface area contributed by atoms with Crippen LogP contribution in [0.5, 0.6) is 0 Å². The molecule has 0 saturated heterocycles. The van der Waals surface area contributed by atoms with Crippen LogP contribution < -0.4 is 0 Å². The molecule has 0 N–H and O–H groups in total.